The highest BCUT2D eigenvalue weighted by Gasteiger charge is 2.37. The number of rotatable bonds is 8. The molecule has 1 aromatic rings. The largest absolute Gasteiger partial charge is 0.435 e. The molecular formula is C18H30F3N5O. The number of alkyl halides is 3. The summed E-state index contributed by atoms with van der Waals surface area (Å²) in [4.78, 5) is 4.15. The monoisotopic (exact) mass is 389 g/mol. The molecule has 2 N–H and O–H groups in total. The zero-order valence-corrected chi connectivity index (χ0v) is 16.3. The van der Waals surface area contributed by atoms with E-state index < -0.39 is 11.9 Å². The highest BCUT2D eigenvalue weighted by molar-refractivity contribution is 5.79. The van der Waals surface area contributed by atoms with E-state index in [0.29, 0.717) is 12.6 Å². The highest BCUT2D eigenvalue weighted by Crippen LogP contribution is 2.40. The van der Waals surface area contributed by atoms with Gasteiger partial charge in [0.2, 0.25) is 0 Å². The molecule has 0 atom stereocenters. The molecule has 154 valence electrons. The minimum absolute atomic E-state index is 0.00824. The van der Waals surface area contributed by atoms with Crippen LogP contribution in [0.15, 0.2) is 11.2 Å². The molecule has 1 aliphatic rings. The van der Waals surface area contributed by atoms with Crippen molar-refractivity contribution in [3.05, 3.63) is 17.5 Å². The Labute approximate surface area is 158 Å². The number of hydrogen-bond donors (Lipinski definition) is 2. The molecule has 1 aromatic heterocycles. The fraction of sp³-hybridized carbons (Fsp3) is 0.778. The van der Waals surface area contributed by atoms with Crippen LogP contribution in [0.25, 0.3) is 0 Å². The van der Waals surface area contributed by atoms with Crippen LogP contribution in [0.3, 0.4) is 0 Å². The SMILES string of the molecule is CCOCCC1(CNC(=NC)NCc2cn(C)nc2C(F)(F)F)CCCC1. The molecule has 0 aliphatic heterocycles. The van der Waals surface area contributed by atoms with Crippen molar-refractivity contribution < 1.29 is 17.9 Å². The Hall–Kier alpha value is -1.77. The summed E-state index contributed by atoms with van der Waals surface area (Å²) in [6.07, 6.45) is 2.54. The van der Waals surface area contributed by atoms with E-state index in [9.17, 15) is 13.2 Å². The summed E-state index contributed by atoms with van der Waals surface area (Å²) >= 11 is 0. The molecule has 27 heavy (non-hydrogen) atoms. The quantitative estimate of drug-likeness (QED) is 0.407. The lowest BCUT2D eigenvalue weighted by molar-refractivity contribution is -0.142. The van der Waals surface area contributed by atoms with Gasteiger partial charge in [0, 0.05) is 52.2 Å². The zero-order valence-electron chi connectivity index (χ0n) is 16.3. The molecule has 9 heteroatoms. The van der Waals surface area contributed by atoms with Crippen LogP contribution in [-0.4, -0.2) is 42.5 Å². The Bertz CT molecular complexity index is 621. The molecule has 0 radical (unpaired) electrons. The van der Waals surface area contributed by atoms with Gasteiger partial charge >= 0.3 is 6.18 Å². The molecule has 1 heterocycles. The summed E-state index contributed by atoms with van der Waals surface area (Å²) in [6.45, 7) is 4.17. The maximum Gasteiger partial charge on any atom is 0.435 e. The third-order valence-corrected chi connectivity index (χ3v) is 5.12. The Kier molecular flexibility index (Phi) is 7.52. The van der Waals surface area contributed by atoms with Crippen LogP contribution in [0.5, 0.6) is 0 Å². The first-order valence-electron chi connectivity index (χ1n) is 9.41. The second-order valence-electron chi connectivity index (χ2n) is 7.11. The smallest absolute Gasteiger partial charge is 0.382 e. The lowest BCUT2D eigenvalue weighted by Crippen LogP contribution is -2.43. The van der Waals surface area contributed by atoms with Gasteiger partial charge in [-0.2, -0.15) is 18.3 Å². The predicted molar refractivity (Wildman–Crippen MR) is 98.4 cm³/mol. The third kappa shape index (κ3) is 6.12. The van der Waals surface area contributed by atoms with Crippen LogP contribution < -0.4 is 10.6 Å². The van der Waals surface area contributed by atoms with E-state index in [2.05, 4.69) is 20.7 Å². The average Bonchev–Trinajstić information content (AvgIpc) is 3.22. The van der Waals surface area contributed by atoms with E-state index in [1.54, 1.807) is 7.05 Å². The van der Waals surface area contributed by atoms with Crippen molar-refractivity contribution in [2.24, 2.45) is 17.5 Å². The average molecular weight is 389 g/mol. The third-order valence-electron chi connectivity index (χ3n) is 5.12. The van der Waals surface area contributed by atoms with E-state index >= 15 is 0 Å². The normalized spacial score (nSPS) is 17.3. The summed E-state index contributed by atoms with van der Waals surface area (Å²) < 4.78 is 45.9. The van der Waals surface area contributed by atoms with Crippen molar-refractivity contribution >= 4 is 5.96 Å². The number of guanidine groups is 1. The van der Waals surface area contributed by atoms with Crippen molar-refractivity contribution in [3.8, 4) is 0 Å². The van der Waals surface area contributed by atoms with Crippen molar-refractivity contribution in [1.82, 2.24) is 20.4 Å². The van der Waals surface area contributed by atoms with Crippen LogP contribution in [0.4, 0.5) is 13.2 Å². The van der Waals surface area contributed by atoms with Gasteiger partial charge in [0.25, 0.3) is 0 Å². The molecule has 0 bridgehead atoms. The number of aromatic nitrogens is 2. The molecule has 0 unspecified atom stereocenters. The minimum atomic E-state index is -4.47. The van der Waals surface area contributed by atoms with Gasteiger partial charge in [-0.15, -0.1) is 0 Å². The molecular weight excluding hydrogens is 359 g/mol. The van der Waals surface area contributed by atoms with Crippen LogP contribution in [0.1, 0.15) is 50.3 Å². The fourth-order valence-corrected chi connectivity index (χ4v) is 3.65. The van der Waals surface area contributed by atoms with Crippen LogP contribution in [0.2, 0.25) is 0 Å². The van der Waals surface area contributed by atoms with Gasteiger partial charge in [-0.3, -0.25) is 9.67 Å². The van der Waals surface area contributed by atoms with E-state index in [1.165, 1.54) is 30.8 Å². The van der Waals surface area contributed by atoms with Gasteiger partial charge in [-0.25, -0.2) is 0 Å². The van der Waals surface area contributed by atoms with Gasteiger partial charge in [0.15, 0.2) is 11.7 Å². The summed E-state index contributed by atoms with van der Waals surface area (Å²) in [6, 6.07) is 0. The van der Waals surface area contributed by atoms with Crippen molar-refractivity contribution in [2.75, 3.05) is 26.8 Å². The Morgan fingerprint density at radius 3 is 2.63 bits per heavy atom. The fourth-order valence-electron chi connectivity index (χ4n) is 3.65. The van der Waals surface area contributed by atoms with Gasteiger partial charge in [-0.1, -0.05) is 12.8 Å². The zero-order chi connectivity index (χ0) is 19.9. The number of nitrogens with one attached hydrogen (secondary N) is 2. The molecule has 6 nitrogen and oxygen atoms in total. The van der Waals surface area contributed by atoms with Crippen LogP contribution >= 0.6 is 0 Å². The summed E-state index contributed by atoms with van der Waals surface area (Å²) in [7, 11) is 3.10. The molecule has 0 amide bonds. The van der Waals surface area contributed by atoms with Gasteiger partial charge in [-0.05, 0) is 31.6 Å². The number of ether oxygens (including phenoxy) is 1. The maximum atomic E-state index is 13.1. The molecule has 0 saturated heterocycles. The highest BCUT2D eigenvalue weighted by atomic mass is 19.4. The number of hydrogen-bond acceptors (Lipinski definition) is 3. The van der Waals surface area contributed by atoms with Gasteiger partial charge in [0.05, 0.1) is 0 Å². The topological polar surface area (TPSA) is 63.5 Å². The minimum Gasteiger partial charge on any atom is -0.382 e. The van der Waals surface area contributed by atoms with E-state index in [4.69, 9.17) is 4.74 Å². The lowest BCUT2D eigenvalue weighted by Gasteiger charge is -2.30. The van der Waals surface area contributed by atoms with Gasteiger partial charge in [0.1, 0.15) is 0 Å². The second-order valence-corrected chi connectivity index (χ2v) is 7.11. The first-order chi connectivity index (χ1) is 12.8. The predicted octanol–water partition coefficient (Wildman–Crippen LogP) is 3.09. The standard InChI is InChI=1S/C18H30F3N5O/c1-4-27-10-9-17(7-5-6-8-17)13-24-16(22-2)23-11-14-12-26(3)25-15(14)18(19,20)21/h12H,4-11,13H2,1-3H3,(H2,22,23,24). The molecule has 1 saturated carbocycles. The Balaban J connectivity index is 1.92. The van der Waals surface area contributed by atoms with Crippen molar-refractivity contribution in [3.63, 3.8) is 0 Å². The summed E-state index contributed by atoms with van der Waals surface area (Å²) in [5, 5.41) is 9.79. The molecule has 1 aliphatic carbocycles. The first kappa shape index (κ1) is 21.5. The maximum absolute atomic E-state index is 13.1. The second kappa shape index (κ2) is 9.43. The summed E-state index contributed by atoms with van der Waals surface area (Å²) in [5.41, 5.74) is -0.602. The van der Waals surface area contributed by atoms with E-state index in [0.717, 1.165) is 32.4 Å². The Morgan fingerprint density at radius 1 is 1.33 bits per heavy atom. The van der Waals surface area contributed by atoms with Gasteiger partial charge < -0.3 is 15.4 Å². The van der Waals surface area contributed by atoms with Crippen LogP contribution in [0, 0.1) is 5.41 Å². The number of aliphatic imine (C=N–C) groups is 1. The number of nitrogens with zero attached hydrogens (tertiary/aromatic N) is 3. The molecule has 0 spiro atoms. The summed E-state index contributed by atoms with van der Waals surface area (Å²) in [5.74, 6) is 0.495. The molecule has 1 fully saturated rings. The van der Waals surface area contributed by atoms with Crippen LogP contribution in [-0.2, 0) is 24.5 Å². The number of halogens is 3. The first-order valence-corrected chi connectivity index (χ1v) is 9.41. The van der Waals surface area contributed by atoms with Crippen molar-refractivity contribution in [2.45, 2.75) is 51.7 Å². The number of aryl methyl sites for hydroxylation is 1. The van der Waals surface area contributed by atoms with E-state index in [-0.39, 0.29) is 17.5 Å². The molecule has 0 aromatic carbocycles. The lowest BCUT2D eigenvalue weighted by atomic mass is 9.83. The molecule has 2 rings (SSSR count). The van der Waals surface area contributed by atoms with Crippen molar-refractivity contribution in [1.29, 1.82) is 0 Å². The Morgan fingerprint density at radius 2 is 2.04 bits per heavy atom. The van der Waals surface area contributed by atoms with E-state index in [1.807, 2.05) is 6.92 Å².